The molecule has 1 aromatic carbocycles. The summed E-state index contributed by atoms with van der Waals surface area (Å²) in [5, 5.41) is 2.99. The Morgan fingerprint density at radius 1 is 1.38 bits per heavy atom. The van der Waals surface area contributed by atoms with E-state index in [9.17, 15) is 0 Å². The molecule has 0 saturated heterocycles. The Morgan fingerprint density at radius 2 is 2.19 bits per heavy atom. The van der Waals surface area contributed by atoms with Gasteiger partial charge in [0.15, 0.2) is 0 Å². The Bertz CT molecular complexity index is 476. The van der Waals surface area contributed by atoms with Gasteiger partial charge < -0.3 is 4.42 Å². The molecule has 86 valence electrons. The molecular weight excluding hydrogens is 200 g/mol. The molecule has 2 N–H and O–H groups in total. The minimum atomic E-state index is 0.877. The standard InChI is InChI=1S/C13H18N2O/c1-3-15(14)6-4-11-9-13-12(5-7-16-13)8-10(11)2/h5,7-9H,3-4,6,14H2,1-2H3. The summed E-state index contributed by atoms with van der Waals surface area (Å²) >= 11 is 0. The van der Waals surface area contributed by atoms with Crippen molar-refractivity contribution in [3.05, 3.63) is 35.6 Å². The van der Waals surface area contributed by atoms with Crippen LogP contribution in [0.2, 0.25) is 0 Å². The van der Waals surface area contributed by atoms with Crippen LogP contribution >= 0.6 is 0 Å². The van der Waals surface area contributed by atoms with Crippen molar-refractivity contribution in [1.29, 1.82) is 0 Å². The summed E-state index contributed by atoms with van der Waals surface area (Å²) in [4.78, 5) is 0. The lowest BCUT2D eigenvalue weighted by atomic mass is 10.0. The maximum Gasteiger partial charge on any atom is 0.134 e. The molecule has 0 radical (unpaired) electrons. The number of furan rings is 1. The molecule has 1 aromatic heterocycles. The summed E-state index contributed by atoms with van der Waals surface area (Å²) in [5.41, 5.74) is 3.57. The number of hydrazine groups is 1. The van der Waals surface area contributed by atoms with Crippen LogP contribution in [-0.4, -0.2) is 18.1 Å². The fourth-order valence-electron chi connectivity index (χ4n) is 1.86. The molecule has 0 unspecified atom stereocenters. The minimum Gasteiger partial charge on any atom is -0.464 e. The molecule has 2 aromatic rings. The van der Waals surface area contributed by atoms with Crippen LogP contribution in [0, 0.1) is 6.92 Å². The summed E-state index contributed by atoms with van der Waals surface area (Å²) in [6.07, 6.45) is 2.70. The number of nitrogens with zero attached hydrogens (tertiary/aromatic N) is 1. The van der Waals surface area contributed by atoms with Crippen molar-refractivity contribution in [2.75, 3.05) is 13.1 Å². The Balaban J connectivity index is 2.19. The third-order valence-electron chi connectivity index (χ3n) is 2.99. The molecule has 0 saturated carbocycles. The highest BCUT2D eigenvalue weighted by atomic mass is 16.3. The number of hydrogen-bond acceptors (Lipinski definition) is 3. The molecule has 2 rings (SSSR count). The zero-order valence-corrected chi connectivity index (χ0v) is 9.86. The van der Waals surface area contributed by atoms with Gasteiger partial charge in [-0.2, -0.15) is 0 Å². The lowest BCUT2D eigenvalue weighted by molar-refractivity contribution is 0.303. The molecule has 0 bridgehead atoms. The number of benzene rings is 1. The number of fused-ring (bicyclic) bond motifs is 1. The van der Waals surface area contributed by atoms with Crippen molar-refractivity contribution in [1.82, 2.24) is 5.01 Å². The maximum absolute atomic E-state index is 5.77. The lowest BCUT2D eigenvalue weighted by Crippen LogP contribution is -2.32. The molecule has 0 aliphatic heterocycles. The molecule has 3 heteroatoms. The van der Waals surface area contributed by atoms with Crippen LogP contribution in [0.3, 0.4) is 0 Å². The fraction of sp³-hybridized carbons (Fsp3) is 0.385. The minimum absolute atomic E-state index is 0.877. The van der Waals surface area contributed by atoms with E-state index in [1.165, 1.54) is 16.5 Å². The molecule has 3 nitrogen and oxygen atoms in total. The van der Waals surface area contributed by atoms with Crippen molar-refractivity contribution in [2.24, 2.45) is 5.84 Å². The summed E-state index contributed by atoms with van der Waals surface area (Å²) in [6.45, 7) is 5.95. The average Bonchev–Trinajstić information content (AvgIpc) is 2.72. The first-order valence-corrected chi connectivity index (χ1v) is 5.67. The van der Waals surface area contributed by atoms with Gasteiger partial charge in [0.2, 0.25) is 0 Å². The largest absolute Gasteiger partial charge is 0.464 e. The molecule has 0 aliphatic rings. The van der Waals surface area contributed by atoms with Gasteiger partial charge in [-0.15, -0.1) is 0 Å². The second-order valence-corrected chi connectivity index (χ2v) is 4.12. The van der Waals surface area contributed by atoms with Gasteiger partial charge >= 0.3 is 0 Å². The fourth-order valence-corrected chi connectivity index (χ4v) is 1.86. The second kappa shape index (κ2) is 4.68. The van der Waals surface area contributed by atoms with Crippen LogP contribution in [0.25, 0.3) is 11.0 Å². The Hall–Kier alpha value is -1.32. The van der Waals surface area contributed by atoms with Gasteiger partial charge in [0.25, 0.3) is 0 Å². The van der Waals surface area contributed by atoms with E-state index in [2.05, 4.69) is 26.0 Å². The quantitative estimate of drug-likeness (QED) is 0.633. The highest BCUT2D eigenvalue weighted by molar-refractivity contribution is 5.78. The second-order valence-electron chi connectivity index (χ2n) is 4.12. The van der Waals surface area contributed by atoms with Gasteiger partial charge in [-0.25, -0.2) is 5.01 Å². The van der Waals surface area contributed by atoms with Crippen LogP contribution < -0.4 is 5.84 Å². The van der Waals surface area contributed by atoms with Crippen molar-refractivity contribution in [3.8, 4) is 0 Å². The smallest absolute Gasteiger partial charge is 0.134 e. The van der Waals surface area contributed by atoms with Crippen LogP contribution in [0.4, 0.5) is 0 Å². The summed E-state index contributed by atoms with van der Waals surface area (Å²) < 4.78 is 5.40. The van der Waals surface area contributed by atoms with Crippen LogP contribution in [0.1, 0.15) is 18.1 Å². The average molecular weight is 218 g/mol. The number of aryl methyl sites for hydroxylation is 1. The lowest BCUT2D eigenvalue weighted by Gasteiger charge is -2.14. The highest BCUT2D eigenvalue weighted by Gasteiger charge is 2.05. The van der Waals surface area contributed by atoms with Crippen molar-refractivity contribution >= 4 is 11.0 Å². The van der Waals surface area contributed by atoms with E-state index in [-0.39, 0.29) is 0 Å². The topological polar surface area (TPSA) is 42.4 Å². The normalized spacial score (nSPS) is 11.5. The summed E-state index contributed by atoms with van der Waals surface area (Å²) in [5.74, 6) is 5.77. The maximum atomic E-state index is 5.77. The van der Waals surface area contributed by atoms with Gasteiger partial charge in [-0.3, -0.25) is 5.84 Å². The van der Waals surface area contributed by atoms with Crippen molar-refractivity contribution in [3.63, 3.8) is 0 Å². The van der Waals surface area contributed by atoms with Crippen LogP contribution in [0.15, 0.2) is 28.9 Å². The van der Waals surface area contributed by atoms with E-state index < -0.39 is 0 Å². The highest BCUT2D eigenvalue weighted by Crippen LogP contribution is 2.21. The van der Waals surface area contributed by atoms with E-state index >= 15 is 0 Å². The third-order valence-corrected chi connectivity index (χ3v) is 2.99. The molecule has 0 fully saturated rings. The number of hydrogen-bond donors (Lipinski definition) is 1. The van der Waals surface area contributed by atoms with Gasteiger partial charge in [0, 0.05) is 18.5 Å². The van der Waals surface area contributed by atoms with Gasteiger partial charge in [0.1, 0.15) is 5.58 Å². The Labute approximate surface area is 95.8 Å². The van der Waals surface area contributed by atoms with Gasteiger partial charge in [0.05, 0.1) is 6.26 Å². The van der Waals surface area contributed by atoms with Gasteiger partial charge in [-0.1, -0.05) is 6.92 Å². The molecule has 16 heavy (non-hydrogen) atoms. The van der Waals surface area contributed by atoms with Crippen molar-refractivity contribution < 1.29 is 4.42 Å². The molecule has 0 amide bonds. The molecule has 0 aliphatic carbocycles. The predicted molar refractivity (Wildman–Crippen MR) is 66.1 cm³/mol. The van der Waals surface area contributed by atoms with E-state index in [1.54, 1.807) is 6.26 Å². The zero-order chi connectivity index (χ0) is 11.5. The van der Waals surface area contributed by atoms with Crippen molar-refractivity contribution in [2.45, 2.75) is 20.3 Å². The molecule has 0 atom stereocenters. The number of nitrogens with two attached hydrogens (primary N) is 1. The van der Waals surface area contributed by atoms with E-state index in [0.717, 1.165) is 25.1 Å². The molecule has 1 heterocycles. The number of likely N-dealkylation sites (N-methyl/N-ethyl adjacent to an activating group) is 1. The van der Waals surface area contributed by atoms with E-state index in [1.807, 2.05) is 11.1 Å². The monoisotopic (exact) mass is 218 g/mol. The predicted octanol–water partition coefficient (Wildman–Crippen LogP) is 2.48. The van der Waals surface area contributed by atoms with Crippen LogP contribution in [0.5, 0.6) is 0 Å². The Kier molecular flexibility index (Phi) is 3.27. The first-order valence-electron chi connectivity index (χ1n) is 5.67. The first-order chi connectivity index (χ1) is 7.70. The summed E-state index contributed by atoms with van der Waals surface area (Å²) in [7, 11) is 0. The van der Waals surface area contributed by atoms with E-state index in [0.29, 0.717) is 0 Å². The summed E-state index contributed by atoms with van der Waals surface area (Å²) in [6, 6.07) is 6.28. The Morgan fingerprint density at radius 3 is 2.94 bits per heavy atom. The van der Waals surface area contributed by atoms with Gasteiger partial charge in [-0.05, 0) is 42.7 Å². The molecule has 0 spiro atoms. The number of rotatable bonds is 4. The SMILES string of the molecule is CCN(N)CCc1cc2occc2cc1C. The molecular formula is C13H18N2O. The first kappa shape index (κ1) is 11.2. The zero-order valence-electron chi connectivity index (χ0n) is 9.86. The van der Waals surface area contributed by atoms with E-state index in [4.69, 9.17) is 10.3 Å². The van der Waals surface area contributed by atoms with Crippen LogP contribution in [-0.2, 0) is 6.42 Å². The third kappa shape index (κ3) is 2.26.